The molecule has 2 heterocycles. The second-order valence-electron chi connectivity index (χ2n) is 5.66. The number of nitro groups is 1. The number of rotatable bonds is 4. The number of thiophene rings is 1. The van der Waals surface area contributed by atoms with Crippen molar-refractivity contribution in [2.75, 3.05) is 19.6 Å². The first-order valence-corrected chi connectivity index (χ1v) is 8.23. The van der Waals surface area contributed by atoms with E-state index in [9.17, 15) is 10.1 Å². The predicted molar refractivity (Wildman–Crippen MR) is 96.4 cm³/mol. The third kappa shape index (κ3) is 4.51. The van der Waals surface area contributed by atoms with E-state index in [1.165, 1.54) is 4.88 Å². The first-order chi connectivity index (χ1) is 10.6. The van der Waals surface area contributed by atoms with Crippen molar-refractivity contribution in [2.45, 2.75) is 19.5 Å². The third-order valence-electron chi connectivity index (χ3n) is 3.86. The SMILES string of the molecule is CC1CN(Cc2ccc(-c3ccc([N+](=O)[O-])cc3)s2)CCN1.Cl. The van der Waals surface area contributed by atoms with Crippen LogP contribution in [0.1, 0.15) is 11.8 Å². The third-order valence-corrected chi connectivity index (χ3v) is 4.98. The highest BCUT2D eigenvalue weighted by Crippen LogP contribution is 2.30. The van der Waals surface area contributed by atoms with Gasteiger partial charge < -0.3 is 5.32 Å². The van der Waals surface area contributed by atoms with Crippen LogP contribution in [-0.2, 0) is 6.54 Å². The van der Waals surface area contributed by atoms with Crippen LogP contribution in [0, 0.1) is 10.1 Å². The van der Waals surface area contributed by atoms with E-state index in [0.29, 0.717) is 6.04 Å². The van der Waals surface area contributed by atoms with Gasteiger partial charge in [-0.1, -0.05) is 0 Å². The fraction of sp³-hybridized carbons (Fsp3) is 0.375. The number of hydrogen-bond donors (Lipinski definition) is 1. The minimum absolute atomic E-state index is 0. The van der Waals surface area contributed by atoms with Gasteiger partial charge in [0, 0.05) is 54.1 Å². The van der Waals surface area contributed by atoms with Crippen molar-refractivity contribution in [3.63, 3.8) is 0 Å². The van der Waals surface area contributed by atoms with E-state index in [-0.39, 0.29) is 23.0 Å². The van der Waals surface area contributed by atoms with Gasteiger partial charge in [0.1, 0.15) is 0 Å². The van der Waals surface area contributed by atoms with Gasteiger partial charge in [-0.25, -0.2) is 0 Å². The largest absolute Gasteiger partial charge is 0.312 e. The monoisotopic (exact) mass is 353 g/mol. The number of nitrogens with one attached hydrogen (secondary N) is 1. The van der Waals surface area contributed by atoms with Gasteiger partial charge in [-0.2, -0.15) is 0 Å². The average Bonchev–Trinajstić information content (AvgIpc) is 2.96. The maximum Gasteiger partial charge on any atom is 0.269 e. The summed E-state index contributed by atoms with van der Waals surface area (Å²) < 4.78 is 0. The van der Waals surface area contributed by atoms with Gasteiger partial charge in [0.15, 0.2) is 0 Å². The van der Waals surface area contributed by atoms with E-state index in [0.717, 1.165) is 36.6 Å². The van der Waals surface area contributed by atoms with Gasteiger partial charge in [-0.05, 0) is 36.8 Å². The lowest BCUT2D eigenvalue weighted by atomic mass is 10.2. The summed E-state index contributed by atoms with van der Waals surface area (Å²) in [5.74, 6) is 0. The molecule has 0 aliphatic carbocycles. The molecule has 3 rings (SSSR count). The lowest BCUT2D eigenvalue weighted by Crippen LogP contribution is -2.48. The zero-order valence-corrected chi connectivity index (χ0v) is 14.5. The summed E-state index contributed by atoms with van der Waals surface area (Å²) in [4.78, 5) is 15.3. The average molecular weight is 354 g/mol. The fourth-order valence-corrected chi connectivity index (χ4v) is 3.80. The van der Waals surface area contributed by atoms with Crippen LogP contribution in [-0.4, -0.2) is 35.5 Å². The zero-order valence-electron chi connectivity index (χ0n) is 12.9. The molecule has 23 heavy (non-hydrogen) atoms. The van der Waals surface area contributed by atoms with E-state index in [2.05, 4.69) is 29.3 Å². The Morgan fingerprint density at radius 1 is 1.30 bits per heavy atom. The molecule has 1 N–H and O–H groups in total. The Labute approximate surface area is 145 Å². The van der Waals surface area contributed by atoms with Crippen LogP contribution in [0.4, 0.5) is 5.69 Å². The van der Waals surface area contributed by atoms with Gasteiger partial charge in [0.2, 0.25) is 0 Å². The van der Waals surface area contributed by atoms with Crippen molar-refractivity contribution in [3.05, 3.63) is 51.4 Å². The Kier molecular flexibility index (Phi) is 6.12. The number of piperazine rings is 1. The van der Waals surface area contributed by atoms with Gasteiger partial charge in [0.25, 0.3) is 5.69 Å². The highest BCUT2D eigenvalue weighted by molar-refractivity contribution is 7.15. The van der Waals surface area contributed by atoms with Crippen molar-refractivity contribution < 1.29 is 4.92 Å². The summed E-state index contributed by atoms with van der Waals surface area (Å²) in [7, 11) is 0. The molecule has 0 saturated carbocycles. The Bertz CT molecular complexity index is 660. The molecule has 0 radical (unpaired) electrons. The lowest BCUT2D eigenvalue weighted by Gasteiger charge is -2.31. The van der Waals surface area contributed by atoms with Crippen LogP contribution in [0.15, 0.2) is 36.4 Å². The van der Waals surface area contributed by atoms with Gasteiger partial charge in [-0.15, -0.1) is 23.7 Å². The highest BCUT2D eigenvalue weighted by Gasteiger charge is 2.16. The molecule has 1 atom stereocenters. The molecule has 1 aromatic heterocycles. The quantitative estimate of drug-likeness (QED) is 0.674. The smallest absolute Gasteiger partial charge is 0.269 e. The predicted octanol–water partition coefficient (Wildman–Crippen LogP) is 3.54. The number of benzene rings is 1. The maximum atomic E-state index is 10.7. The molecule has 1 aliphatic rings. The van der Waals surface area contributed by atoms with E-state index < -0.39 is 0 Å². The Balaban J connectivity index is 0.00000192. The molecular formula is C16H20ClN3O2S. The van der Waals surface area contributed by atoms with Crippen LogP contribution in [0.2, 0.25) is 0 Å². The standard InChI is InChI=1S/C16H19N3O2S.ClH/c1-12-10-18(9-8-17-12)11-15-6-7-16(22-15)13-2-4-14(5-3-13)19(20)21;/h2-7,12,17H,8-11H2,1H3;1H. The van der Waals surface area contributed by atoms with Gasteiger partial charge in [-0.3, -0.25) is 15.0 Å². The molecule has 2 aromatic rings. The molecule has 1 aliphatic heterocycles. The molecule has 124 valence electrons. The molecule has 1 fully saturated rings. The van der Waals surface area contributed by atoms with Crippen molar-refractivity contribution in [2.24, 2.45) is 0 Å². The second kappa shape index (κ2) is 7.88. The van der Waals surface area contributed by atoms with E-state index in [4.69, 9.17) is 0 Å². The lowest BCUT2D eigenvalue weighted by molar-refractivity contribution is -0.384. The van der Waals surface area contributed by atoms with Gasteiger partial charge >= 0.3 is 0 Å². The molecule has 0 amide bonds. The zero-order chi connectivity index (χ0) is 15.5. The molecule has 7 heteroatoms. The van der Waals surface area contributed by atoms with E-state index >= 15 is 0 Å². The summed E-state index contributed by atoms with van der Waals surface area (Å²) in [5, 5.41) is 14.1. The molecule has 5 nitrogen and oxygen atoms in total. The minimum Gasteiger partial charge on any atom is -0.312 e. The first-order valence-electron chi connectivity index (χ1n) is 7.41. The highest BCUT2D eigenvalue weighted by atomic mass is 35.5. The number of nitro benzene ring substituents is 1. The minimum atomic E-state index is -0.366. The number of non-ortho nitro benzene ring substituents is 1. The van der Waals surface area contributed by atoms with Crippen LogP contribution in [0.3, 0.4) is 0 Å². The second-order valence-corrected chi connectivity index (χ2v) is 6.83. The Morgan fingerprint density at radius 3 is 2.70 bits per heavy atom. The van der Waals surface area contributed by atoms with Crippen molar-refractivity contribution in [3.8, 4) is 10.4 Å². The number of nitrogens with zero attached hydrogens (tertiary/aromatic N) is 2. The molecule has 0 spiro atoms. The normalized spacial score (nSPS) is 18.4. The number of halogens is 1. The van der Waals surface area contributed by atoms with Crippen molar-refractivity contribution in [1.29, 1.82) is 0 Å². The first kappa shape index (κ1) is 17.9. The Hall–Kier alpha value is -1.47. The summed E-state index contributed by atoms with van der Waals surface area (Å²) in [6.45, 7) is 6.38. The van der Waals surface area contributed by atoms with Crippen LogP contribution < -0.4 is 5.32 Å². The molecule has 1 saturated heterocycles. The molecule has 1 unspecified atom stereocenters. The van der Waals surface area contributed by atoms with Gasteiger partial charge in [0.05, 0.1) is 4.92 Å². The fourth-order valence-electron chi connectivity index (χ4n) is 2.74. The van der Waals surface area contributed by atoms with Crippen LogP contribution in [0.25, 0.3) is 10.4 Å². The molecule has 1 aromatic carbocycles. The number of hydrogen-bond acceptors (Lipinski definition) is 5. The summed E-state index contributed by atoms with van der Waals surface area (Å²) in [5.41, 5.74) is 1.17. The van der Waals surface area contributed by atoms with Crippen molar-refractivity contribution >= 4 is 29.4 Å². The summed E-state index contributed by atoms with van der Waals surface area (Å²) in [6, 6.07) is 11.6. The van der Waals surface area contributed by atoms with E-state index in [1.807, 2.05) is 12.1 Å². The summed E-state index contributed by atoms with van der Waals surface area (Å²) in [6.07, 6.45) is 0. The summed E-state index contributed by atoms with van der Waals surface area (Å²) >= 11 is 1.76. The van der Waals surface area contributed by atoms with Crippen LogP contribution in [0.5, 0.6) is 0 Å². The maximum absolute atomic E-state index is 10.7. The Morgan fingerprint density at radius 2 is 2.04 bits per heavy atom. The van der Waals surface area contributed by atoms with Crippen molar-refractivity contribution in [1.82, 2.24) is 10.2 Å². The molecular weight excluding hydrogens is 334 g/mol. The van der Waals surface area contributed by atoms with Crippen LogP contribution >= 0.6 is 23.7 Å². The topological polar surface area (TPSA) is 58.4 Å². The molecule has 0 bridgehead atoms. The van der Waals surface area contributed by atoms with E-state index in [1.54, 1.807) is 23.5 Å².